The number of amides is 1. The quantitative estimate of drug-likeness (QED) is 0.412. The van der Waals surface area contributed by atoms with E-state index >= 15 is 0 Å². The fourth-order valence-corrected chi connectivity index (χ4v) is 3.46. The fourth-order valence-electron chi connectivity index (χ4n) is 3.46. The highest BCUT2D eigenvalue weighted by molar-refractivity contribution is 6.02. The van der Waals surface area contributed by atoms with Gasteiger partial charge in [-0.05, 0) is 35.4 Å². The van der Waals surface area contributed by atoms with E-state index in [9.17, 15) is 18.4 Å². The minimum atomic E-state index is -2.97. The van der Waals surface area contributed by atoms with E-state index in [-0.39, 0.29) is 23.5 Å². The number of anilines is 1. The van der Waals surface area contributed by atoms with Gasteiger partial charge in [-0.1, -0.05) is 60.7 Å². The molecule has 0 aliphatic carbocycles. The molecule has 0 fully saturated rings. The number of carbonyl (C=O) groups excluding carboxylic acids is 1. The highest BCUT2D eigenvalue weighted by atomic mass is 19.3. The lowest BCUT2D eigenvalue weighted by molar-refractivity contribution is -0.0503. The zero-order valence-electron chi connectivity index (χ0n) is 18.0. The van der Waals surface area contributed by atoms with Crippen LogP contribution >= 0.6 is 0 Å². The fraction of sp³-hybridized carbons (Fsp3) is 0.115. The van der Waals surface area contributed by atoms with Crippen LogP contribution in [0.5, 0.6) is 5.75 Å². The van der Waals surface area contributed by atoms with Gasteiger partial charge in [0, 0.05) is 23.7 Å². The molecule has 1 aromatic heterocycles. The first-order chi connectivity index (χ1) is 16.5. The average molecular weight is 461 g/mol. The summed E-state index contributed by atoms with van der Waals surface area (Å²) >= 11 is 0. The second kappa shape index (κ2) is 10.5. The van der Waals surface area contributed by atoms with E-state index in [1.165, 1.54) is 28.9 Å². The summed E-state index contributed by atoms with van der Waals surface area (Å²) in [6.45, 7) is -2.74. The molecule has 1 N–H and O–H groups in total. The second-order valence-electron chi connectivity index (χ2n) is 7.52. The third-order valence-corrected chi connectivity index (χ3v) is 5.05. The number of rotatable bonds is 8. The zero-order valence-corrected chi connectivity index (χ0v) is 18.0. The minimum absolute atomic E-state index is 0.0337. The highest BCUT2D eigenvalue weighted by Gasteiger charge is 2.14. The van der Waals surface area contributed by atoms with Gasteiger partial charge in [-0.25, -0.2) is 4.68 Å². The van der Waals surface area contributed by atoms with Crippen molar-refractivity contribution >= 4 is 11.6 Å². The minimum Gasteiger partial charge on any atom is -0.435 e. The van der Waals surface area contributed by atoms with Gasteiger partial charge in [-0.2, -0.15) is 13.9 Å². The van der Waals surface area contributed by atoms with Gasteiger partial charge < -0.3 is 10.1 Å². The maximum atomic E-state index is 12.9. The maximum absolute atomic E-state index is 12.9. The number of aromatic nitrogens is 2. The molecule has 0 saturated heterocycles. The Bertz CT molecular complexity index is 1330. The molecule has 0 aliphatic rings. The number of halogens is 2. The predicted octanol–water partition coefficient (Wildman–Crippen LogP) is 4.74. The van der Waals surface area contributed by atoms with Crippen molar-refractivity contribution in [3.63, 3.8) is 0 Å². The monoisotopic (exact) mass is 461 g/mol. The second-order valence-corrected chi connectivity index (χ2v) is 7.52. The molecule has 172 valence electrons. The summed E-state index contributed by atoms with van der Waals surface area (Å²) in [7, 11) is 0. The first kappa shape index (κ1) is 22.8. The van der Waals surface area contributed by atoms with Gasteiger partial charge in [-0.15, -0.1) is 0 Å². The number of alkyl halides is 2. The first-order valence-corrected chi connectivity index (χ1v) is 10.5. The highest BCUT2D eigenvalue weighted by Crippen LogP contribution is 2.27. The van der Waals surface area contributed by atoms with Crippen molar-refractivity contribution in [1.29, 1.82) is 0 Å². The standard InChI is InChI=1S/C26H21F2N3O3/c27-26(28)34-23-13-11-21(16-20(23)15-18-7-3-1-4-8-18)29-25(33)22-12-14-24(32)31(30-22)17-19-9-5-2-6-10-19/h1-14,16,26H,15,17H2,(H,29,33). The summed E-state index contributed by atoms with van der Waals surface area (Å²) in [5.74, 6) is -0.499. The molecule has 0 unspecified atom stereocenters. The summed E-state index contributed by atoms with van der Waals surface area (Å²) in [6.07, 6.45) is 0.340. The number of carbonyl (C=O) groups is 1. The van der Waals surface area contributed by atoms with Crippen LogP contribution in [-0.2, 0) is 13.0 Å². The number of hydrogen-bond donors (Lipinski definition) is 1. The van der Waals surface area contributed by atoms with Crippen LogP contribution in [-0.4, -0.2) is 22.3 Å². The van der Waals surface area contributed by atoms with Crippen molar-refractivity contribution in [2.45, 2.75) is 19.6 Å². The molecule has 0 bridgehead atoms. The Labute approximate surface area is 194 Å². The number of ether oxygens (including phenoxy) is 1. The summed E-state index contributed by atoms with van der Waals surface area (Å²) in [5.41, 5.74) is 2.37. The summed E-state index contributed by atoms with van der Waals surface area (Å²) < 4.78 is 31.6. The molecular formula is C26H21F2N3O3. The Balaban J connectivity index is 1.56. The van der Waals surface area contributed by atoms with Crippen molar-refractivity contribution in [2.75, 3.05) is 5.32 Å². The molecule has 0 atom stereocenters. The average Bonchev–Trinajstić information content (AvgIpc) is 2.83. The molecule has 0 radical (unpaired) electrons. The molecule has 4 rings (SSSR count). The Hall–Kier alpha value is -4.33. The van der Waals surface area contributed by atoms with Gasteiger partial charge in [-0.3, -0.25) is 9.59 Å². The molecule has 3 aromatic carbocycles. The van der Waals surface area contributed by atoms with Crippen molar-refractivity contribution < 1.29 is 18.3 Å². The van der Waals surface area contributed by atoms with E-state index in [1.54, 1.807) is 6.07 Å². The van der Waals surface area contributed by atoms with Crippen LogP contribution < -0.4 is 15.6 Å². The molecule has 1 amide bonds. The van der Waals surface area contributed by atoms with E-state index in [0.29, 0.717) is 17.7 Å². The van der Waals surface area contributed by atoms with Gasteiger partial charge in [0.15, 0.2) is 0 Å². The SMILES string of the molecule is O=C(Nc1ccc(OC(F)F)c(Cc2ccccc2)c1)c1ccc(=O)n(Cc2ccccc2)n1. The maximum Gasteiger partial charge on any atom is 0.387 e. The number of nitrogens with one attached hydrogen (secondary N) is 1. The van der Waals surface area contributed by atoms with Gasteiger partial charge in [0.05, 0.1) is 6.54 Å². The molecule has 0 aliphatic heterocycles. The van der Waals surface area contributed by atoms with Crippen molar-refractivity contribution in [3.05, 3.63) is 124 Å². The van der Waals surface area contributed by atoms with E-state index in [1.807, 2.05) is 60.7 Å². The molecule has 1 heterocycles. The van der Waals surface area contributed by atoms with Crippen LogP contribution in [0.25, 0.3) is 0 Å². The van der Waals surface area contributed by atoms with Crippen molar-refractivity contribution in [1.82, 2.24) is 9.78 Å². The normalized spacial score (nSPS) is 10.8. The van der Waals surface area contributed by atoms with Gasteiger partial charge >= 0.3 is 6.61 Å². The molecule has 6 nitrogen and oxygen atoms in total. The summed E-state index contributed by atoms with van der Waals surface area (Å²) in [4.78, 5) is 25.0. The van der Waals surface area contributed by atoms with Crippen LogP contribution in [0.3, 0.4) is 0 Å². The molecule has 8 heteroatoms. The Morgan fingerprint density at radius 1 is 0.912 bits per heavy atom. The van der Waals surface area contributed by atoms with E-state index < -0.39 is 12.5 Å². The Morgan fingerprint density at radius 3 is 2.26 bits per heavy atom. The van der Waals surface area contributed by atoms with Crippen LogP contribution in [0.15, 0.2) is 95.8 Å². The van der Waals surface area contributed by atoms with Crippen molar-refractivity contribution in [3.8, 4) is 5.75 Å². The molecule has 0 spiro atoms. The number of hydrogen-bond acceptors (Lipinski definition) is 4. The van der Waals surface area contributed by atoms with Crippen LogP contribution in [0.1, 0.15) is 27.2 Å². The van der Waals surface area contributed by atoms with E-state index in [2.05, 4.69) is 15.2 Å². The smallest absolute Gasteiger partial charge is 0.387 e. The van der Waals surface area contributed by atoms with Gasteiger partial charge in [0.25, 0.3) is 11.5 Å². The largest absolute Gasteiger partial charge is 0.435 e. The topological polar surface area (TPSA) is 73.2 Å². The van der Waals surface area contributed by atoms with Gasteiger partial charge in [0.2, 0.25) is 0 Å². The molecular weight excluding hydrogens is 440 g/mol. The lowest BCUT2D eigenvalue weighted by atomic mass is 10.0. The zero-order chi connectivity index (χ0) is 23.9. The Kier molecular flexibility index (Phi) is 7.07. The van der Waals surface area contributed by atoms with Crippen LogP contribution in [0, 0.1) is 0 Å². The molecule has 0 saturated carbocycles. The lowest BCUT2D eigenvalue weighted by Gasteiger charge is -2.14. The number of nitrogens with zero attached hydrogens (tertiary/aromatic N) is 2. The predicted molar refractivity (Wildman–Crippen MR) is 124 cm³/mol. The van der Waals surface area contributed by atoms with E-state index in [0.717, 1.165) is 11.1 Å². The summed E-state index contributed by atoms with van der Waals surface area (Å²) in [5, 5.41) is 6.89. The van der Waals surface area contributed by atoms with Crippen LogP contribution in [0.4, 0.5) is 14.5 Å². The van der Waals surface area contributed by atoms with E-state index in [4.69, 9.17) is 0 Å². The third kappa shape index (κ3) is 5.92. The van der Waals surface area contributed by atoms with Gasteiger partial charge in [0.1, 0.15) is 11.4 Å². The van der Waals surface area contributed by atoms with Crippen LogP contribution in [0.2, 0.25) is 0 Å². The summed E-state index contributed by atoms with van der Waals surface area (Å²) in [6, 6.07) is 25.7. The molecule has 4 aromatic rings. The number of benzene rings is 3. The first-order valence-electron chi connectivity index (χ1n) is 10.5. The van der Waals surface area contributed by atoms with Crippen molar-refractivity contribution in [2.24, 2.45) is 0 Å². The lowest BCUT2D eigenvalue weighted by Crippen LogP contribution is -2.26. The Morgan fingerprint density at radius 2 is 1.59 bits per heavy atom. The molecule has 34 heavy (non-hydrogen) atoms. The third-order valence-electron chi connectivity index (χ3n) is 5.05.